The fourth-order valence-electron chi connectivity index (χ4n) is 0.882. The molecule has 1 rings (SSSR count). The monoisotopic (exact) mass is 172 g/mol. The number of hydrogen-bond acceptors (Lipinski definition) is 1. The van der Waals surface area contributed by atoms with E-state index in [1.807, 2.05) is 42.5 Å². The molecule has 0 atom stereocenters. The van der Waals surface area contributed by atoms with Gasteiger partial charge >= 0.3 is 0 Å². The molecule has 1 aliphatic rings. The van der Waals surface area contributed by atoms with Crippen molar-refractivity contribution in [3.8, 4) is 0 Å². The fourth-order valence-corrected chi connectivity index (χ4v) is 0.882. The van der Waals surface area contributed by atoms with E-state index in [0.29, 0.717) is 0 Å². The van der Waals surface area contributed by atoms with E-state index in [0.717, 1.165) is 6.42 Å². The van der Waals surface area contributed by atoms with Crippen LogP contribution in [0.25, 0.3) is 0 Å². The second kappa shape index (κ2) is 5.95. The molecule has 0 aliphatic heterocycles. The van der Waals surface area contributed by atoms with Crippen LogP contribution in [-0.2, 0) is 4.79 Å². The summed E-state index contributed by atoms with van der Waals surface area (Å²) < 4.78 is 0. The first kappa shape index (κ1) is 9.46. The molecule has 0 aromatic rings. The average molecular weight is 172 g/mol. The minimum absolute atomic E-state index is 0.0302. The zero-order valence-electron chi connectivity index (χ0n) is 7.39. The quantitative estimate of drug-likeness (QED) is 0.549. The van der Waals surface area contributed by atoms with Crippen molar-refractivity contribution < 1.29 is 4.79 Å². The van der Waals surface area contributed by atoms with E-state index in [9.17, 15) is 4.79 Å². The summed E-state index contributed by atoms with van der Waals surface area (Å²) in [6.45, 7) is 0. The Kier molecular flexibility index (Phi) is 4.33. The van der Waals surface area contributed by atoms with Crippen LogP contribution in [0.5, 0.6) is 0 Å². The first-order chi connectivity index (χ1) is 6.39. The Balaban J connectivity index is 2.71. The molecule has 66 valence electrons. The Morgan fingerprint density at radius 2 is 1.46 bits per heavy atom. The third-order valence-electron chi connectivity index (χ3n) is 1.51. The Hall–Kier alpha value is -1.63. The molecule has 0 spiro atoms. The van der Waals surface area contributed by atoms with Crippen molar-refractivity contribution in [2.75, 3.05) is 0 Å². The summed E-state index contributed by atoms with van der Waals surface area (Å²) in [7, 11) is 0. The van der Waals surface area contributed by atoms with E-state index < -0.39 is 0 Å². The molecule has 0 bridgehead atoms. The van der Waals surface area contributed by atoms with Gasteiger partial charge in [-0.25, -0.2) is 0 Å². The molecular formula is C12H12O. The van der Waals surface area contributed by atoms with Gasteiger partial charge in [-0.1, -0.05) is 48.6 Å². The van der Waals surface area contributed by atoms with Crippen LogP contribution in [0.15, 0.2) is 60.8 Å². The lowest BCUT2D eigenvalue weighted by molar-refractivity contribution is -0.110. The highest BCUT2D eigenvalue weighted by Crippen LogP contribution is 1.91. The normalized spacial score (nSPS) is 26.9. The van der Waals surface area contributed by atoms with Crippen LogP contribution >= 0.6 is 0 Å². The highest BCUT2D eigenvalue weighted by Gasteiger charge is 1.84. The lowest BCUT2D eigenvalue weighted by Gasteiger charge is -1.83. The second-order valence-electron chi connectivity index (χ2n) is 2.60. The van der Waals surface area contributed by atoms with Crippen molar-refractivity contribution in [2.45, 2.75) is 6.42 Å². The van der Waals surface area contributed by atoms with Gasteiger partial charge in [-0.15, -0.1) is 0 Å². The summed E-state index contributed by atoms with van der Waals surface area (Å²) in [5, 5.41) is 0. The van der Waals surface area contributed by atoms with Crippen LogP contribution in [0, 0.1) is 0 Å². The van der Waals surface area contributed by atoms with Gasteiger partial charge in [0.1, 0.15) is 0 Å². The van der Waals surface area contributed by atoms with Crippen LogP contribution in [0.4, 0.5) is 0 Å². The molecule has 0 aromatic heterocycles. The summed E-state index contributed by atoms with van der Waals surface area (Å²) >= 11 is 0. The van der Waals surface area contributed by atoms with E-state index >= 15 is 0 Å². The second-order valence-corrected chi connectivity index (χ2v) is 2.60. The predicted molar refractivity (Wildman–Crippen MR) is 55.3 cm³/mol. The van der Waals surface area contributed by atoms with Crippen molar-refractivity contribution in [3.63, 3.8) is 0 Å². The third-order valence-corrected chi connectivity index (χ3v) is 1.51. The van der Waals surface area contributed by atoms with Gasteiger partial charge in [0.25, 0.3) is 0 Å². The smallest absolute Gasteiger partial charge is 0.178 e. The van der Waals surface area contributed by atoms with Gasteiger partial charge in [0.2, 0.25) is 0 Å². The third kappa shape index (κ3) is 4.75. The van der Waals surface area contributed by atoms with Crippen LogP contribution in [0.2, 0.25) is 0 Å². The molecule has 0 unspecified atom stereocenters. The number of hydrogen-bond donors (Lipinski definition) is 0. The predicted octanol–water partition coefficient (Wildman–Crippen LogP) is 2.74. The van der Waals surface area contributed by atoms with Gasteiger partial charge in [0.15, 0.2) is 5.78 Å². The molecule has 0 heterocycles. The minimum atomic E-state index is 0.0302. The summed E-state index contributed by atoms with van der Waals surface area (Å²) in [5.74, 6) is 0.0302. The lowest BCUT2D eigenvalue weighted by Crippen LogP contribution is -1.83. The van der Waals surface area contributed by atoms with Gasteiger partial charge < -0.3 is 0 Å². The molecule has 0 radical (unpaired) electrons. The SMILES string of the molecule is O=C1C=C\C=C/C=C\C=C/C/C=C\1. The van der Waals surface area contributed by atoms with Crippen LogP contribution in [-0.4, -0.2) is 5.78 Å². The Labute approximate surface area is 78.5 Å². The highest BCUT2D eigenvalue weighted by atomic mass is 16.1. The van der Waals surface area contributed by atoms with Crippen molar-refractivity contribution in [1.82, 2.24) is 0 Å². The van der Waals surface area contributed by atoms with E-state index in [1.165, 1.54) is 0 Å². The minimum Gasteiger partial charge on any atom is -0.290 e. The standard InChI is InChI=1S/C12H12O/c13-12-10-8-6-4-2-1-3-5-7-9-11-12/h1-6,8-11H,7H2/b2-1-,5-3-,6-4-,10-8?,11-9-. The van der Waals surface area contributed by atoms with Crippen LogP contribution < -0.4 is 0 Å². The molecule has 0 aromatic carbocycles. The Morgan fingerprint density at radius 3 is 2.31 bits per heavy atom. The molecular weight excluding hydrogens is 160 g/mol. The molecule has 1 aliphatic carbocycles. The van der Waals surface area contributed by atoms with Gasteiger partial charge in [0.05, 0.1) is 0 Å². The number of carbonyl (C=O) groups is 1. The van der Waals surface area contributed by atoms with Crippen LogP contribution in [0.3, 0.4) is 0 Å². The lowest BCUT2D eigenvalue weighted by atomic mass is 10.2. The topological polar surface area (TPSA) is 17.1 Å². The van der Waals surface area contributed by atoms with E-state index in [1.54, 1.807) is 18.2 Å². The molecule has 0 N–H and O–H groups in total. The van der Waals surface area contributed by atoms with Crippen molar-refractivity contribution in [1.29, 1.82) is 0 Å². The fraction of sp³-hybridized carbons (Fsp3) is 0.0833. The van der Waals surface area contributed by atoms with E-state index in [-0.39, 0.29) is 5.78 Å². The summed E-state index contributed by atoms with van der Waals surface area (Å²) in [5.41, 5.74) is 0. The molecule has 13 heavy (non-hydrogen) atoms. The summed E-state index contributed by atoms with van der Waals surface area (Å²) in [6.07, 6.45) is 19.1. The molecule has 0 saturated carbocycles. The van der Waals surface area contributed by atoms with Gasteiger partial charge in [-0.05, 0) is 18.6 Å². The largest absolute Gasteiger partial charge is 0.290 e. The Morgan fingerprint density at radius 1 is 0.769 bits per heavy atom. The van der Waals surface area contributed by atoms with Crippen molar-refractivity contribution in [2.24, 2.45) is 0 Å². The van der Waals surface area contributed by atoms with Crippen LogP contribution in [0.1, 0.15) is 6.42 Å². The Bertz CT molecular complexity index is 301. The number of ketones is 1. The zero-order valence-corrected chi connectivity index (χ0v) is 7.39. The highest BCUT2D eigenvalue weighted by molar-refractivity contribution is 5.99. The van der Waals surface area contributed by atoms with E-state index in [2.05, 4.69) is 0 Å². The molecule has 0 saturated heterocycles. The molecule has 0 fully saturated rings. The van der Waals surface area contributed by atoms with Gasteiger partial charge in [-0.2, -0.15) is 0 Å². The first-order valence-electron chi connectivity index (χ1n) is 4.26. The van der Waals surface area contributed by atoms with Crippen molar-refractivity contribution >= 4 is 5.78 Å². The van der Waals surface area contributed by atoms with Crippen molar-refractivity contribution in [3.05, 3.63) is 60.8 Å². The molecule has 1 nitrogen and oxygen atoms in total. The maximum absolute atomic E-state index is 11.0. The average Bonchev–Trinajstić information content (AvgIpc) is 2.11. The molecule has 1 heteroatoms. The number of carbonyl (C=O) groups excluding carboxylic acids is 1. The summed E-state index contributed by atoms with van der Waals surface area (Å²) in [6, 6.07) is 0. The molecule has 0 amide bonds. The number of rotatable bonds is 0. The zero-order chi connectivity index (χ0) is 9.36. The maximum atomic E-state index is 11.0. The summed E-state index contributed by atoms with van der Waals surface area (Å²) in [4.78, 5) is 11.0. The first-order valence-corrected chi connectivity index (χ1v) is 4.26. The number of allylic oxidation sites excluding steroid dienone is 10. The maximum Gasteiger partial charge on any atom is 0.178 e. The van der Waals surface area contributed by atoms with Gasteiger partial charge in [-0.3, -0.25) is 4.79 Å². The van der Waals surface area contributed by atoms with Gasteiger partial charge in [0, 0.05) is 0 Å². The van der Waals surface area contributed by atoms with E-state index in [4.69, 9.17) is 0 Å².